The summed E-state index contributed by atoms with van der Waals surface area (Å²) in [6.45, 7) is 1.26. The summed E-state index contributed by atoms with van der Waals surface area (Å²) in [4.78, 5) is 2.39. The molecule has 0 amide bonds. The van der Waals surface area contributed by atoms with Gasteiger partial charge >= 0.3 is 0 Å². The molecule has 0 aromatic rings. The molecule has 1 saturated carbocycles. The first-order valence-corrected chi connectivity index (χ1v) is 4.66. The molecule has 0 spiro atoms. The molecule has 2 fully saturated rings. The Labute approximate surface area is 75.6 Å². The van der Waals surface area contributed by atoms with Gasteiger partial charge in [-0.3, -0.25) is 0 Å². The van der Waals surface area contributed by atoms with Gasteiger partial charge in [0.2, 0.25) is 0 Å². The first-order chi connectivity index (χ1) is 4.78. The van der Waals surface area contributed by atoms with Gasteiger partial charge in [0.05, 0.1) is 5.60 Å². The highest BCUT2D eigenvalue weighted by Gasteiger charge is 2.54. The standard InChI is InChI=1S/C7H12INO/c1-9-5-2-6(9)7(10-8)3-4-7/h6H,2-5H2,1H3/t6-/m0/s1. The summed E-state index contributed by atoms with van der Waals surface area (Å²) in [7, 11) is 2.18. The van der Waals surface area contributed by atoms with Crippen LogP contribution in [-0.2, 0) is 3.07 Å². The van der Waals surface area contributed by atoms with E-state index < -0.39 is 0 Å². The summed E-state index contributed by atoms with van der Waals surface area (Å²) in [5.41, 5.74) is 0.271. The molecule has 1 heterocycles. The number of hydrogen-bond donors (Lipinski definition) is 0. The minimum Gasteiger partial charge on any atom is -0.307 e. The van der Waals surface area contributed by atoms with Gasteiger partial charge in [-0.05, 0) is 32.9 Å². The highest BCUT2D eigenvalue weighted by molar-refractivity contribution is 14.1. The number of nitrogens with zero attached hydrogens (tertiary/aromatic N) is 1. The van der Waals surface area contributed by atoms with E-state index in [1.54, 1.807) is 0 Å². The molecule has 0 aromatic heterocycles. The highest BCUT2D eigenvalue weighted by Crippen LogP contribution is 2.49. The predicted molar refractivity (Wildman–Crippen MR) is 48.1 cm³/mol. The second kappa shape index (κ2) is 2.32. The minimum atomic E-state index is 0.271. The summed E-state index contributed by atoms with van der Waals surface area (Å²) in [6, 6.07) is 0.726. The maximum absolute atomic E-state index is 5.45. The van der Waals surface area contributed by atoms with Gasteiger partial charge in [0.1, 0.15) is 23.0 Å². The van der Waals surface area contributed by atoms with E-state index in [4.69, 9.17) is 3.07 Å². The van der Waals surface area contributed by atoms with E-state index in [1.165, 1.54) is 25.8 Å². The molecule has 0 unspecified atom stereocenters. The molecule has 0 N–H and O–H groups in total. The Morgan fingerprint density at radius 2 is 2.30 bits per heavy atom. The SMILES string of the molecule is CN1CC[C@H]1C1(OI)CC1. The quantitative estimate of drug-likeness (QED) is 0.693. The fourth-order valence-corrected chi connectivity index (χ4v) is 2.50. The van der Waals surface area contributed by atoms with Crippen LogP contribution in [0.25, 0.3) is 0 Å². The number of hydrogen-bond acceptors (Lipinski definition) is 2. The highest BCUT2D eigenvalue weighted by atomic mass is 127. The third-order valence-electron chi connectivity index (χ3n) is 2.79. The molecule has 1 saturated heterocycles. The van der Waals surface area contributed by atoms with Crippen molar-refractivity contribution in [2.45, 2.75) is 30.9 Å². The largest absolute Gasteiger partial charge is 0.307 e. The fourth-order valence-electron chi connectivity index (χ4n) is 1.77. The average Bonchev–Trinajstić information content (AvgIpc) is 2.67. The van der Waals surface area contributed by atoms with Crippen molar-refractivity contribution in [1.29, 1.82) is 0 Å². The number of halogens is 1. The van der Waals surface area contributed by atoms with E-state index in [0.717, 1.165) is 6.04 Å². The third kappa shape index (κ3) is 0.905. The van der Waals surface area contributed by atoms with Gasteiger partial charge in [-0.15, -0.1) is 0 Å². The molecule has 2 nitrogen and oxygen atoms in total. The van der Waals surface area contributed by atoms with Crippen molar-refractivity contribution in [2.24, 2.45) is 0 Å². The molecule has 1 aliphatic heterocycles. The smallest absolute Gasteiger partial charge is 0.110 e. The van der Waals surface area contributed by atoms with Gasteiger partial charge in [-0.2, -0.15) is 0 Å². The third-order valence-corrected chi connectivity index (χ3v) is 3.67. The maximum Gasteiger partial charge on any atom is 0.110 e. The van der Waals surface area contributed by atoms with E-state index in [1.807, 2.05) is 23.0 Å². The number of likely N-dealkylation sites (tertiary alicyclic amines) is 1. The fraction of sp³-hybridized carbons (Fsp3) is 1.00. The Bertz CT molecular complexity index is 147. The normalized spacial score (nSPS) is 37.2. The molecular weight excluding hydrogens is 241 g/mol. The lowest BCUT2D eigenvalue weighted by atomic mass is 9.96. The molecule has 0 bridgehead atoms. The van der Waals surface area contributed by atoms with E-state index in [9.17, 15) is 0 Å². The van der Waals surface area contributed by atoms with Gasteiger partial charge in [0, 0.05) is 6.04 Å². The summed E-state index contributed by atoms with van der Waals surface area (Å²) >= 11 is 2.05. The van der Waals surface area contributed by atoms with Gasteiger partial charge in [-0.1, -0.05) is 0 Å². The van der Waals surface area contributed by atoms with Crippen molar-refractivity contribution in [3.05, 3.63) is 0 Å². The molecule has 1 aliphatic carbocycles. The van der Waals surface area contributed by atoms with Crippen LogP contribution in [0.3, 0.4) is 0 Å². The molecule has 2 rings (SSSR count). The van der Waals surface area contributed by atoms with Gasteiger partial charge in [0.25, 0.3) is 0 Å². The van der Waals surface area contributed by atoms with Crippen molar-refractivity contribution in [3.8, 4) is 0 Å². The lowest BCUT2D eigenvalue weighted by Gasteiger charge is -2.42. The predicted octanol–water partition coefficient (Wildman–Crippen LogP) is 1.59. The Balaban J connectivity index is 1.98. The molecule has 58 valence electrons. The van der Waals surface area contributed by atoms with Crippen molar-refractivity contribution >= 4 is 23.0 Å². The van der Waals surface area contributed by atoms with Crippen molar-refractivity contribution in [3.63, 3.8) is 0 Å². The van der Waals surface area contributed by atoms with Crippen molar-refractivity contribution in [1.82, 2.24) is 4.90 Å². The monoisotopic (exact) mass is 253 g/mol. The number of rotatable bonds is 2. The van der Waals surface area contributed by atoms with E-state index in [-0.39, 0.29) is 5.60 Å². The van der Waals surface area contributed by atoms with Crippen LogP contribution in [0.15, 0.2) is 0 Å². The van der Waals surface area contributed by atoms with Crippen LogP contribution in [0.4, 0.5) is 0 Å². The van der Waals surface area contributed by atoms with Crippen LogP contribution in [0.5, 0.6) is 0 Å². The van der Waals surface area contributed by atoms with Crippen LogP contribution in [-0.4, -0.2) is 30.1 Å². The lowest BCUT2D eigenvalue weighted by molar-refractivity contribution is 0.0234. The van der Waals surface area contributed by atoms with Crippen LogP contribution < -0.4 is 0 Å². The summed E-state index contributed by atoms with van der Waals surface area (Å²) in [5.74, 6) is 0. The van der Waals surface area contributed by atoms with Crippen LogP contribution in [0.2, 0.25) is 0 Å². The molecule has 1 atom stereocenters. The Hall–Kier alpha value is 0.650. The topological polar surface area (TPSA) is 12.5 Å². The summed E-state index contributed by atoms with van der Waals surface area (Å²) < 4.78 is 5.45. The first-order valence-electron chi connectivity index (χ1n) is 3.78. The van der Waals surface area contributed by atoms with Crippen molar-refractivity contribution in [2.75, 3.05) is 13.6 Å². The Morgan fingerprint density at radius 3 is 2.40 bits per heavy atom. The average molecular weight is 253 g/mol. The van der Waals surface area contributed by atoms with Crippen molar-refractivity contribution < 1.29 is 3.07 Å². The van der Waals surface area contributed by atoms with Gasteiger partial charge < -0.3 is 7.97 Å². The van der Waals surface area contributed by atoms with Crippen LogP contribution in [0.1, 0.15) is 19.3 Å². The minimum absolute atomic E-state index is 0.271. The van der Waals surface area contributed by atoms with Crippen LogP contribution >= 0.6 is 23.0 Å². The second-order valence-corrected chi connectivity index (χ2v) is 3.87. The molecule has 0 aromatic carbocycles. The first kappa shape index (κ1) is 7.31. The molecular formula is C7H12INO. The van der Waals surface area contributed by atoms with Crippen LogP contribution in [0, 0.1) is 0 Å². The Kier molecular flexibility index (Phi) is 1.69. The second-order valence-electron chi connectivity index (χ2n) is 3.43. The zero-order valence-corrected chi connectivity index (χ0v) is 8.30. The summed E-state index contributed by atoms with van der Waals surface area (Å²) in [5, 5.41) is 0. The zero-order chi connectivity index (χ0) is 7.19. The van der Waals surface area contributed by atoms with Gasteiger partial charge in [0.15, 0.2) is 0 Å². The molecule has 3 heteroatoms. The van der Waals surface area contributed by atoms with E-state index in [0.29, 0.717) is 0 Å². The molecule has 10 heavy (non-hydrogen) atoms. The van der Waals surface area contributed by atoms with E-state index in [2.05, 4.69) is 11.9 Å². The lowest BCUT2D eigenvalue weighted by Crippen LogP contribution is -2.53. The van der Waals surface area contributed by atoms with E-state index >= 15 is 0 Å². The zero-order valence-electron chi connectivity index (χ0n) is 6.14. The molecule has 0 radical (unpaired) electrons. The Morgan fingerprint density at radius 1 is 1.60 bits per heavy atom. The number of likely N-dealkylation sites (N-methyl/N-ethyl adjacent to an activating group) is 1. The molecule has 2 aliphatic rings. The maximum atomic E-state index is 5.45. The van der Waals surface area contributed by atoms with Gasteiger partial charge in [-0.25, -0.2) is 0 Å². The summed E-state index contributed by atoms with van der Waals surface area (Å²) in [6.07, 6.45) is 3.87.